The van der Waals surface area contributed by atoms with Crippen LogP contribution < -0.4 is 10.6 Å². The number of halogens is 1. The monoisotopic (exact) mass is 490 g/mol. The third-order valence-corrected chi connectivity index (χ3v) is 4.64. The molecule has 1 unspecified atom stereocenters. The zero-order valence-electron chi connectivity index (χ0n) is 17.2. The maximum absolute atomic E-state index is 5.62. The fourth-order valence-electron chi connectivity index (χ4n) is 2.91. The van der Waals surface area contributed by atoms with E-state index < -0.39 is 0 Å². The van der Waals surface area contributed by atoms with Gasteiger partial charge in [0, 0.05) is 46.9 Å². The summed E-state index contributed by atoms with van der Waals surface area (Å²) in [7, 11) is 3.50. The SMILES string of the molecule is CN=C(NCc1cccc(CN2CCOC(C)C2)c1)NCC(C)(C)OC.I. The van der Waals surface area contributed by atoms with Gasteiger partial charge in [0.05, 0.1) is 18.3 Å². The highest BCUT2D eigenvalue weighted by atomic mass is 127. The predicted octanol–water partition coefficient (Wildman–Crippen LogP) is 2.62. The normalized spacial score (nSPS) is 18.7. The van der Waals surface area contributed by atoms with E-state index in [0.29, 0.717) is 12.6 Å². The van der Waals surface area contributed by atoms with Crippen LogP contribution in [0.1, 0.15) is 31.9 Å². The number of nitrogens with zero attached hydrogens (tertiary/aromatic N) is 2. The number of hydrogen-bond acceptors (Lipinski definition) is 4. The molecule has 2 N–H and O–H groups in total. The number of methoxy groups -OCH3 is 1. The van der Waals surface area contributed by atoms with Crippen LogP contribution in [0.15, 0.2) is 29.3 Å². The van der Waals surface area contributed by atoms with E-state index in [4.69, 9.17) is 9.47 Å². The van der Waals surface area contributed by atoms with Crippen molar-refractivity contribution in [3.05, 3.63) is 35.4 Å². The van der Waals surface area contributed by atoms with Crippen LogP contribution in [0.5, 0.6) is 0 Å². The molecule has 0 spiro atoms. The molecule has 0 saturated carbocycles. The maximum Gasteiger partial charge on any atom is 0.191 e. The van der Waals surface area contributed by atoms with Gasteiger partial charge in [-0.25, -0.2) is 0 Å². The lowest BCUT2D eigenvalue weighted by Crippen LogP contribution is -2.45. The van der Waals surface area contributed by atoms with E-state index in [9.17, 15) is 0 Å². The molecule has 1 heterocycles. The first kappa shape index (κ1) is 24.1. The van der Waals surface area contributed by atoms with Crippen LogP contribution in [-0.2, 0) is 22.6 Å². The van der Waals surface area contributed by atoms with Gasteiger partial charge in [0.15, 0.2) is 5.96 Å². The molecule has 1 fully saturated rings. The largest absolute Gasteiger partial charge is 0.377 e. The van der Waals surface area contributed by atoms with Crippen LogP contribution in [-0.4, -0.2) is 63.0 Å². The van der Waals surface area contributed by atoms with Crippen LogP contribution >= 0.6 is 24.0 Å². The number of guanidine groups is 1. The van der Waals surface area contributed by atoms with Crippen LogP contribution in [0.4, 0.5) is 0 Å². The number of hydrogen-bond donors (Lipinski definition) is 2. The van der Waals surface area contributed by atoms with E-state index in [1.165, 1.54) is 11.1 Å². The highest BCUT2D eigenvalue weighted by molar-refractivity contribution is 14.0. The summed E-state index contributed by atoms with van der Waals surface area (Å²) in [4.78, 5) is 6.73. The molecule has 1 aliphatic rings. The smallest absolute Gasteiger partial charge is 0.191 e. The average molecular weight is 490 g/mol. The molecule has 1 aliphatic heterocycles. The Morgan fingerprint density at radius 2 is 2.07 bits per heavy atom. The minimum Gasteiger partial charge on any atom is -0.377 e. The molecule has 2 rings (SSSR count). The molecule has 0 aliphatic carbocycles. The van der Waals surface area contributed by atoms with Gasteiger partial charge in [0.1, 0.15) is 0 Å². The highest BCUT2D eigenvalue weighted by Gasteiger charge is 2.17. The summed E-state index contributed by atoms with van der Waals surface area (Å²) in [5, 5.41) is 6.68. The van der Waals surface area contributed by atoms with Crippen LogP contribution in [0.3, 0.4) is 0 Å². The zero-order chi connectivity index (χ0) is 19.0. The summed E-state index contributed by atoms with van der Waals surface area (Å²) < 4.78 is 11.1. The Morgan fingerprint density at radius 1 is 1.33 bits per heavy atom. The topological polar surface area (TPSA) is 58.1 Å². The molecule has 0 amide bonds. The summed E-state index contributed by atoms with van der Waals surface area (Å²) in [5.41, 5.74) is 2.35. The first-order valence-electron chi connectivity index (χ1n) is 9.33. The van der Waals surface area contributed by atoms with Crippen molar-refractivity contribution in [1.29, 1.82) is 0 Å². The molecular weight excluding hydrogens is 455 g/mol. The van der Waals surface area contributed by atoms with E-state index in [-0.39, 0.29) is 29.6 Å². The summed E-state index contributed by atoms with van der Waals surface area (Å²) >= 11 is 0. The van der Waals surface area contributed by atoms with Gasteiger partial charge in [0.25, 0.3) is 0 Å². The summed E-state index contributed by atoms with van der Waals surface area (Å²) in [6.07, 6.45) is 0.319. The zero-order valence-corrected chi connectivity index (χ0v) is 19.6. The van der Waals surface area contributed by atoms with Crippen molar-refractivity contribution < 1.29 is 9.47 Å². The molecule has 0 radical (unpaired) electrons. The maximum atomic E-state index is 5.62. The summed E-state index contributed by atoms with van der Waals surface area (Å²) in [6.45, 7) is 11.4. The lowest BCUT2D eigenvalue weighted by molar-refractivity contribution is -0.0212. The van der Waals surface area contributed by atoms with Crippen molar-refractivity contribution in [3.63, 3.8) is 0 Å². The van der Waals surface area contributed by atoms with E-state index in [0.717, 1.165) is 38.7 Å². The number of rotatable bonds is 7. The molecule has 1 aromatic rings. The number of nitrogens with one attached hydrogen (secondary N) is 2. The second-order valence-electron chi connectivity index (χ2n) is 7.48. The second-order valence-corrected chi connectivity index (χ2v) is 7.48. The van der Waals surface area contributed by atoms with E-state index in [1.807, 2.05) is 13.8 Å². The standard InChI is InChI=1S/C20H34N4O2.HI/c1-16-13-24(9-10-26-16)14-18-8-6-7-17(11-18)12-22-19(21-4)23-15-20(2,3)25-5;/h6-8,11,16H,9-10,12-15H2,1-5H3,(H2,21,22,23);1H. The van der Waals surface area contributed by atoms with Gasteiger partial charge in [-0.15, -0.1) is 24.0 Å². The second kappa shape index (κ2) is 11.8. The van der Waals surface area contributed by atoms with Gasteiger partial charge in [-0.3, -0.25) is 9.89 Å². The molecule has 1 atom stereocenters. The van der Waals surface area contributed by atoms with E-state index in [1.54, 1.807) is 14.2 Å². The Bertz CT molecular complexity index is 595. The van der Waals surface area contributed by atoms with Crippen molar-refractivity contribution in [3.8, 4) is 0 Å². The molecular formula is C20H35IN4O2. The summed E-state index contributed by atoms with van der Waals surface area (Å²) in [6, 6.07) is 8.72. The lowest BCUT2D eigenvalue weighted by Gasteiger charge is -2.31. The van der Waals surface area contributed by atoms with Gasteiger partial charge in [0.2, 0.25) is 0 Å². The third-order valence-electron chi connectivity index (χ3n) is 4.64. The lowest BCUT2D eigenvalue weighted by atomic mass is 10.1. The molecule has 0 bridgehead atoms. The number of aliphatic imine (C=N–C) groups is 1. The number of ether oxygens (including phenoxy) is 2. The Kier molecular flexibility index (Phi) is 10.6. The predicted molar refractivity (Wildman–Crippen MR) is 122 cm³/mol. The Hall–Kier alpha value is -0.900. The first-order valence-corrected chi connectivity index (χ1v) is 9.33. The molecule has 1 saturated heterocycles. The Balaban J connectivity index is 0.00000364. The van der Waals surface area contributed by atoms with Crippen molar-refractivity contribution in [2.75, 3.05) is 40.4 Å². The molecule has 7 heteroatoms. The minimum atomic E-state index is -0.229. The van der Waals surface area contributed by atoms with Crippen molar-refractivity contribution in [2.45, 2.75) is 45.6 Å². The number of benzene rings is 1. The van der Waals surface area contributed by atoms with Crippen molar-refractivity contribution >= 4 is 29.9 Å². The van der Waals surface area contributed by atoms with Gasteiger partial charge in [-0.05, 0) is 31.9 Å². The molecule has 0 aromatic heterocycles. The quantitative estimate of drug-likeness (QED) is 0.350. The van der Waals surface area contributed by atoms with Crippen molar-refractivity contribution in [1.82, 2.24) is 15.5 Å². The minimum absolute atomic E-state index is 0. The molecule has 154 valence electrons. The van der Waals surface area contributed by atoms with Gasteiger partial charge >= 0.3 is 0 Å². The number of morpholine rings is 1. The van der Waals surface area contributed by atoms with E-state index in [2.05, 4.69) is 51.7 Å². The van der Waals surface area contributed by atoms with E-state index >= 15 is 0 Å². The molecule has 27 heavy (non-hydrogen) atoms. The third kappa shape index (κ3) is 8.76. The fourth-order valence-corrected chi connectivity index (χ4v) is 2.91. The van der Waals surface area contributed by atoms with Gasteiger partial charge in [-0.2, -0.15) is 0 Å². The molecule has 1 aromatic carbocycles. The Labute approximate surface area is 181 Å². The van der Waals surface area contributed by atoms with Gasteiger partial charge in [-0.1, -0.05) is 24.3 Å². The Morgan fingerprint density at radius 3 is 2.74 bits per heavy atom. The average Bonchev–Trinajstić information content (AvgIpc) is 2.62. The molecule has 6 nitrogen and oxygen atoms in total. The van der Waals surface area contributed by atoms with Crippen LogP contribution in [0.2, 0.25) is 0 Å². The fraction of sp³-hybridized carbons (Fsp3) is 0.650. The first-order chi connectivity index (χ1) is 12.4. The van der Waals surface area contributed by atoms with Gasteiger partial charge < -0.3 is 20.1 Å². The highest BCUT2D eigenvalue weighted by Crippen LogP contribution is 2.12. The van der Waals surface area contributed by atoms with Crippen LogP contribution in [0.25, 0.3) is 0 Å². The van der Waals surface area contributed by atoms with Crippen LogP contribution in [0, 0.1) is 0 Å². The summed E-state index contributed by atoms with van der Waals surface area (Å²) in [5.74, 6) is 0.780. The van der Waals surface area contributed by atoms with Crippen molar-refractivity contribution in [2.24, 2.45) is 4.99 Å².